The van der Waals surface area contributed by atoms with E-state index in [1.807, 2.05) is 6.92 Å². The maximum Gasteiger partial charge on any atom is 0.309 e. The number of rotatable bonds is 2. The minimum Gasteiger partial charge on any atom is -0.462 e. The lowest BCUT2D eigenvalue weighted by atomic mass is 10.0. The number of hydrogen-bond donors (Lipinski definition) is 0. The molecule has 1 aliphatic rings. The minimum absolute atomic E-state index is 0.0626. The molecule has 0 aromatic carbocycles. The smallest absolute Gasteiger partial charge is 0.309 e. The zero-order valence-corrected chi connectivity index (χ0v) is 6.17. The van der Waals surface area contributed by atoms with E-state index in [0.29, 0.717) is 0 Å². The van der Waals surface area contributed by atoms with Crippen molar-refractivity contribution >= 4 is 5.97 Å². The molecule has 1 rings (SSSR count). The molecule has 10 heavy (non-hydrogen) atoms. The zero-order chi connectivity index (χ0) is 7.56. The molecule has 0 saturated carbocycles. The van der Waals surface area contributed by atoms with Crippen molar-refractivity contribution < 1.29 is 9.53 Å². The standard InChI is InChI=1S/C8H12O2/c1-3-4-7-5-6(2)10-8(7)9/h3,6-7H,1,4-5H2,2H3. The summed E-state index contributed by atoms with van der Waals surface area (Å²) in [5.41, 5.74) is 0. The fourth-order valence-electron chi connectivity index (χ4n) is 1.23. The molecule has 2 atom stereocenters. The lowest BCUT2D eigenvalue weighted by Crippen LogP contribution is -2.05. The van der Waals surface area contributed by atoms with Gasteiger partial charge in [-0.3, -0.25) is 4.79 Å². The summed E-state index contributed by atoms with van der Waals surface area (Å²) in [6.45, 7) is 5.49. The third-order valence-electron chi connectivity index (χ3n) is 1.72. The van der Waals surface area contributed by atoms with Crippen molar-refractivity contribution in [2.24, 2.45) is 5.92 Å². The summed E-state index contributed by atoms with van der Waals surface area (Å²) in [5.74, 6) is 0.0138. The summed E-state index contributed by atoms with van der Waals surface area (Å²) >= 11 is 0. The van der Waals surface area contributed by atoms with Crippen molar-refractivity contribution in [2.45, 2.75) is 25.9 Å². The van der Waals surface area contributed by atoms with E-state index in [0.717, 1.165) is 12.8 Å². The Hall–Kier alpha value is -0.790. The van der Waals surface area contributed by atoms with Crippen LogP contribution >= 0.6 is 0 Å². The number of ether oxygens (including phenoxy) is 1. The summed E-state index contributed by atoms with van der Waals surface area (Å²) in [5, 5.41) is 0. The van der Waals surface area contributed by atoms with Crippen LogP contribution in [0.25, 0.3) is 0 Å². The number of cyclic esters (lactones) is 1. The molecule has 0 amide bonds. The summed E-state index contributed by atoms with van der Waals surface area (Å²) in [4.78, 5) is 10.9. The van der Waals surface area contributed by atoms with Crippen LogP contribution in [-0.2, 0) is 9.53 Å². The molecule has 0 spiro atoms. The molecule has 1 aliphatic heterocycles. The Labute approximate surface area is 60.9 Å². The SMILES string of the molecule is C=CCC1CC(C)OC1=O. The van der Waals surface area contributed by atoms with Crippen molar-refractivity contribution in [3.63, 3.8) is 0 Å². The monoisotopic (exact) mass is 140 g/mol. The van der Waals surface area contributed by atoms with E-state index in [9.17, 15) is 4.79 Å². The first kappa shape index (κ1) is 7.32. The van der Waals surface area contributed by atoms with Gasteiger partial charge < -0.3 is 4.74 Å². The molecule has 0 N–H and O–H groups in total. The van der Waals surface area contributed by atoms with Crippen molar-refractivity contribution in [1.29, 1.82) is 0 Å². The second kappa shape index (κ2) is 2.86. The quantitative estimate of drug-likeness (QED) is 0.429. The molecule has 1 heterocycles. The Morgan fingerprint density at radius 1 is 1.90 bits per heavy atom. The van der Waals surface area contributed by atoms with E-state index in [2.05, 4.69) is 6.58 Å². The Morgan fingerprint density at radius 3 is 3.00 bits per heavy atom. The van der Waals surface area contributed by atoms with Crippen LogP contribution in [0.2, 0.25) is 0 Å². The maximum atomic E-state index is 10.9. The predicted molar refractivity (Wildman–Crippen MR) is 38.5 cm³/mol. The average Bonchev–Trinajstić information content (AvgIpc) is 2.13. The number of esters is 1. The zero-order valence-electron chi connectivity index (χ0n) is 6.17. The lowest BCUT2D eigenvalue weighted by molar-refractivity contribution is -0.143. The van der Waals surface area contributed by atoms with Gasteiger partial charge in [0.25, 0.3) is 0 Å². The molecule has 0 aromatic heterocycles. The highest BCUT2D eigenvalue weighted by Gasteiger charge is 2.30. The largest absolute Gasteiger partial charge is 0.462 e. The molecule has 2 nitrogen and oxygen atoms in total. The van der Waals surface area contributed by atoms with Gasteiger partial charge in [0, 0.05) is 0 Å². The summed E-state index contributed by atoms with van der Waals surface area (Å²) < 4.78 is 4.94. The van der Waals surface area contributed by atoms with E-state index >= 15 is 0 Å². The van der Waals surface area contributed by atoms with Crippen LogP contribution in [0, 0.1) is 5.92 Å². The molecule has 56 valence electrons. The van der Waals surface area contributed by atoms with Crippen LogP contribution in [0.3, 0.4) is 0 Å². The first-order valence-corrected chi connectivity index (χ1v) is 3.55. The average molecular weight is 140 g/mol. The molecule has 0 aliphatic carbocycles. The fraction of sp³-hybridized carbons (Fsp3) is 0.625. The van der Waals surface area contributed by atoms with Crippen molar-refractivity contribution in [3.05, 3.63) is 12.7 Å². The highest BCUT2D eigenvalue weighted by molar-refractivity contribution is 5.74. The first-order chi connectivity index (χ1) is 4.74. The van der Waals surface area contributed by atoms with Gasteiger partial charge in [-0.25, -0.2) is 0 Å². The first-order valence-electron chi connectivity index (χ1n) is 3.55. The third-order valence-corrected chi connectivity index (χ3v) is 1.72. The third kappa shape index (κ3) is 1.38. The molecule has 2 heteroatoms. The van der Waals surface area contributed by atoms with E-state index in [1.54, 1.807) is 6.08 Å². The van der Waals surface area contributed by atoms with Crippen molar-refractivity contribution in [3.8, 4) is 0 Å². The topological polar surface area (TPSA) is 26.3 Å². The Kier molecular flexibility index (Phi) is 2.10. The van der Waals surface area contributed by atoms with Crippen LogP contribution in [0.5, 0.6) is 0 Å². The van der Waals surface area contributed by atoms with E-state index in [4.69, 9.17) is 4.74 Å². The second-order valence-corrected chi connectivity index (χ2v) is 2.70. The number of carbonyl (C=O) groups excluding carboxylic acids is 1. The van der Waals surface area contributed by atoms with Crippen LogP contribution in [0.4, 0.5) is 0 Å². The molecular weight excluding hydrogens is 128 g/mol. The van der Waals surface area contributed by atoms with Gasteiger partial charge in [-0.2, -0.15) is 0 Å². The van der Waals surface area contributed by atoms with Crippen LogP contribution < -0.4 is 0 Å². The van der Waals surface area contributed by atoms with E-state index in [1.165, 1.54) is 0 Å². The molecule has 0 radical (unpaired) electrons. The van der Waals surface area contributed by atoms with Gasteiger partial charge in [-0.1, -0.05) is 6.08 Å². The normalized spacial score (nSPS) is 31.9. The highest BCUT2D eigenvalue weighted by Crippen LogP contribution is 2.23. The summed E-state index contributed by atoms with van der Waals surface area (Å²) in [6, 6.07) is 0. The number of allylic oxidation sites excluding steroid dienone is 1. The molecule has 0 bridgehead atoms. The van der Waals surface area contributed by atoms with E-state index in [-0.39, 0.29) is 18.0 Å². The molecule has 0 aromatic rings. The minimum atomic E-state index is -0.0626. The van der Waals surface area contributed by atoms with Crippen LogP contribution in [-0.4, -0.2) is 12.1 Å². The number of carbonyl (C=O) groups is 1. The summed E-state index contributed by atoms with van der Waals surface area (Å²) in [6.07, 6.45) is 3.48. The molecule has 2 unspecified atom stereocenters. The highest BCUT2D eigenvalue weighted by atomic mass is 16.5. The number of hydrogen-bond acceptors (Lipinski definition) is 2. The predicted octanol–water partition coefficient (Wildman–Crippen LogP) is 1.51. The van der Waals surface area contributed by atoms with Crippen LogP contribution in [0.1, 0.15) is 19.8 Å². The van der Waals surface area contributed by atoms with E-state index < -0.39 is 0 Å². The molecule has 1 fully saturated rings. The van der Waals surface area contributed by atoms with Crippen LogP contribution in [0.15, 0.2) is 12.7 Å². The van der Waals surface area contributed by atoms with Crippen molar-refractivity contribution in [2.75, 3.05) is 0 Å². The molecule has 1 saturated heterocycles. The van der Waals surface area contributed by atoms with Gasteiger partial charge in [0.2, 0.25) is 0 Å². The maximum absolute atomic E-state index is 10.9. The molecular formula is C8H12O2. The Morgan fingerprint density at radius 2 is 2.60 bits per heavy atom. The second-order valence-electron chi connectivity index (χ2n) is 2.70. The fourth-order valence-corrected chi connectivity index (χ4v) is 1.23. The van der Waals surface area contributed by atoms with Gasteiger partial charge in [0.05, 0.1) is 12.0 Å². The van der Waals surface area contributed by atoms with Gasteiger partial charge in [0.1, 0.15) is 0 Å². The lowest BCUT2D eigenvalue weighted by Gasteiger charge is -1.96. The van der Waals surface area contributed by atoms with Crippen molar-refractivity contribution in [1.82, 2.24) is 0 Å². The van der Waals surface area contributed by atoms with Gasteiger partial charge in [0.15, 0.2) is 0 Å². The Bertz CT molecular complexity index is 151. The summed E-state index contributed by atoms with van der Waals surface area (Å²) in [7, 11) is 0. The van der Waals surface area contributed by atoms with Gasteiger partial charge >= 0.3 is 5.97 Å². The Balaban J connectivity index is 2.46. The van der Waals surface area contributed by atoms with Gasteiger partial charge in [-0.05, 0) is 19.8 Å². The van der Waals surface area contributed by atoms with Gasteiger partial charge in [-0.15, -0.1) is 6.58 Å².